The van der Waals surface area contributed by atoms with Crippen molar-refractivity contribution in [3.05, 3.63) is 24.3 Å². The van der Waals surface area contributed by atoms with Gasteiger partial charge in [-0.2, -0.15) is 0 Å². The molecule has 1 saturated heterocycles. The molecule has 1 aromatic heterocycles. The highest BCUT2D eigenvalue weighted by atomic mass is 32.2. The highest BCUT2D eigenvalue weighted by Gasteiger charge is 2.21. The first-order chi connectivity index (χ1) is 10.3. The predicted octanol–water partition coefficient (Wildman–Crippen LogP) is 2.85. The Morgan fingerprint density at radius 2 is 2.14 bits per heavy atom. The Bertz CT molecular complexity index is 591. The van der Waals surface area contributed by atoms with E-state index in [1.165, 1.54) is 0 Å². The van der Waals surface area contributed by atoms with E-state index in [9.17, 15) is 0 Å². The van der Waals surface area contributed by atoms with Crippen LogP contribution in [0.2, 0.25) is 0 Å². The normalized spacial score (nSPS) is 18.1. The largest absolute Gasteiger partial charge is 0.497 e. The number of rotatable bonds is 5. The summed E-state index contributed by atoms with van der Waals surface area (Å²) < 4.78 is 13.1. The molecule has 0 saturated carbocycles. The molecule has 1 atom stereocenters. The molecule has 0 radical (unpaired) electrons. The average Bonchev–Trinajstić information content (AvgIpc) is 3.17. The third-order valence-corrected chi connectivity index (χ3v) is 4.33. The van der Waals surface area contributed by atoms with Crippen molar-refractivity contribution in [2.75, 3.05) is 20.0 Å². The molecule has 0 bridgehead atoms. The monoisotopic (exact) mass is 305 g/mol. The molecule has 1 aliphatic heterocycles. The molecule has 6 heteroatoms. The van der Waals surface area contributed by atoms with E-state index >= 15 is 0 Å². The first-order valence-corrected chi connectivity index (χ1v) is 8.27. The maximum Gasteiger partial charge on any atom is 0.191 e. The zero-order valence-corrected chi connectivity index (χ0v) is 13.1. The van der Waals surface area contributed by atoms with Crippen LogP contribution in [-0.4, -0.2) is 40.8 Å². The van der Waals surface area contributed by atoms with Crippen molar-refractivity contribution < 1.29 is 9.47 Å². The van der Waals surface area contributed by atoms with Gasteiger partial charge in [-0.1, -0.05) is 11.8 Å². The van der Waals surface area contributed by atoms with E-state index in [0.29, 0.717) is 0 Å². The second-order valence-electron chi connectivity index (χ2n) is 4.98. The number of ether oxygens (including phenoxy) is 2. The van der Waals surface area contributed by atoms with Crippen LogP contribution in [0.1, 0.15) is 12.8 Å². The van der Waals surface area contributed by atoms with Crippen molar-refractivity contribution in [3.63, 3.8) is 0 Å². The van der Waals surface area contributed by atoms with E-state index in [1.54, 1.807) is 18.9 Å². The van der Waals surface area contributed by atoms with E-state index in [-0.39, 0.29) is 6.10 Å². The quantitative estimate of drug-likeness (QED) is 0.795. The first-order valence-electron chi connectivity index (χ1n) is 7.05. The fourth-order valence-electron chi connectivity index (χ4n) is 2.55. The second kappa shape index (κ2) is 6.49. The topological polar surface area (TPSA) is 49.2 Å². The summed E-state index contributed by atoms with van der Waals surface area (Å²) in [5, 5.41) is 9.56. The number of hydrogen-bond donors (Lipinski definition) is 0. The standard InChI is InChI=1S/C15H19N3O2S/c1-19-12-7-5-11(6-8-12)14-16-17-15(21-2)18(14)10-13-4-3-9-20-13/h5-8,13H,3-4,9-10H2,1-2H3. The van der Waals surface area contributed by atoms with Gasteiger partial charge in [-0.3, -0.25) is 4.57 Å². The van der Waals surface area contributed by atoms with Gasteiger partial charge in [0.15, 0.2) is 11.0 Å². The van der Waals surface area contributed by atoms with Crippen molar-refractivity contribution in [1.82, 2.24) is 14.8 Å². The first kappa shape index (κ1) is 14.4. The highest BCUT2D eigenvalue weighted by Crippen LogP contribution is 2.26. The molecule has 3 rings (SSSR count). The lowest BCUT2D eigenvalue weighted by Gasteiger charge is -2.14. The molecule has 0 spiro atoms. The Balaban J connectivity index is 1.91. The summed E-state index contributed by atoms with van der Waals surface area (Å²) in [6.07, 6.45) is 4.53. The van der Waals surface area contributed by atoms with Crippen LogP contribution in [0.15, 0.2) is 29.4 Å². The smallest absolute Gasteiger partial charge is 0.191 e. The highest BCUT2D eigenvalue weighted by molar-refractivity contribution is 7.98. The summed E-state index contributed by atoms with van der Waals surface area (Å²) in [6, 6.07) is 7.91. The molecule has 0 aliphatic carbocycles. The maximum atomic E-state index is 5.75. The van der Waals surface area contributed by atoms with E-state index in [4.69, 9.17) is 9.47 Å². The van der Waals surface area contributed by atoms with Crippen LogP contribution in [0.4, 0.5) is 0 Å². The van der Waals surface area contributed by atoms with Gasteiger partial charge in [0, 0.05) is 12.2 Å². The summed E-state index contributed by atoms with van der Waals surface area (Å²) >= 11 is 1.61. The molecule has 112 valence electrons. The summed E-state index contributed by atoms with van der Waals surface area (Å²) in [4.78, 5) is 0. The zero-order valence-electron chi connectivity index (χ0n) is 12.3. The van der Waals surface area contributed by atoms with Gasteiger partial charge in [-0.15, -0.1) is 10.2 Å². The lowest BCUT2D eigenvalue weighted by Crippen LogP contribution is -2.16. The molecule has 0 N–H and O–H groups in total. The Morgan fingerprint density at radius 1 is 1.33 bits per heavy atom. The maximum absolute atomic E-state index is 5.75. The van der Waals surface area contributed by atoms with Crippen molar-refractivity contribution >= 4 is 11.8 Å². The Labute approximate surface area is 128 Å². The van der Waals surface area contributed by atoms with Crippen LogP contribution < -0.4 is 4.74 Å². The van der Waals surface area contributed by atoms with Crippen LogP contribution >= 0.6 is 11.8 Å². The van der Waals surface area contributed by atoms with Crippen LogP contribution in [0.3, 0.4) is 0 Å². The molecular formula is C15H19N3O2S. The van der Waals surface area contributed by atoms with Crippen molar-refractivity contribution in [1.29, 1.82) is 0 Å². The number of nitrogens with zero attached hydrogens (tertiary/aromatic N) is 3. The van der Waals surface area contributed by atoms with E-state index in [1.807, 2.05) is 30.5 Å². The Morgan fingerprint density at radius 3 is 2.76 bits per heavy atom. The van der Waals surface area contributed by atoms with E-state index < -0.39 is 0 Å². The number of benzene rings is 1. The Kier molecular flexibility index (Phi) is 4.45. The van der Waals surface area contributed by atoms with Crippen LogP contribution in [0, 0.1) is 0 Å². The molecular weight excluding hydrogens is 286 g/mol. The van der Waals surface area contributed by atoms with Gasteiger partial charge in [-0.05, 0) is 43.4 Å². The summed E-state index contributed by atoms with van der Waals surface area (Å²) in [5.74, 6) is 1.73. The molecule has 2 heterocycles. The summed E-state index contributed by atoms with van der Waals surface area (Å²) in [5.41, 5.74) is 1.04. The Hall–Kier alpha value is -1.53. The number of thioether (sulfide) groups is 1. The van der Waals surface area contributed by atoms with Gasteiger partial charge in [-0.25, -0.2) is 0 Å². The molecule has 1 aromatic carbocycles. The molecule has 1 aliphatic rings. The zero-order chi connectivity index (χ0) is 14.7. The molecule has 2 aromatic rings. The lowest BCUT2D eigenvalue weighted by molar-refractivity contribution is 0.0953. The van der Waals surface area contributed by atoms with E-state index in [2.05, 4.69) is 14.8 Å². The predicted molar refractivity (Wildman–Crippen MR) is 82.8 cm³/mol. The fourth-order valence-corrected chi connectivity index (χ4v) is 3.05. The molecule has 1 fully saturated rings. The second-order valence-corrected chi connectivity index (χ2v) is 5.76. The summed E-state index contributed by atoms with van der Waals surface area (Å²) in [7, 11) is 1.67. The van der Waals surface area contributed by atoms with Gasteiger partial charge in [0.25, 0.3) is 0 Å². The minimum Gasteiger partial charge on any atom is -0.497 e. The van der Waals surface area contributed by atoms with Gasteiger partial charge in [0.05, 0.1) is 19.8 Å². The van der Waals surface area contributed by atoms with E-state index in [0.717, 1.165) is 48.3 Å². The molecule has 1 unspecified atom stereocenters. The third kappa shape index (κ3) is 3.06. The van der Waals surface area contributed by atoms with Crippen molar-refractivity contribution in [2.24, 2.45) is 0 Å². The fraction of sp³-hybridized carbons (Fsp3) is 0.467. The minimum atomic E-state index is 0.267. The van der Waals surface area contributed by atoms with Crippen LogP contribution in [-0.2, 0) is 11.3 Å². The molecule has 5 nitrogen and oxygen atoms in total. The minimum absolute atomic E-state index is 0.267. The molecule has 21 heavy (non-hydrogen) atoms. The molecule has 0 amide bonds. The van der Waals surface area contributed by atoms with Gasteiger partial charge in [0.2, 0.25) is 0 Å². The summed E-state index contributed by atoms with van der Waals surface area (Å²) in [6.45, 7) is 1.67. The number of hydrogen-bond acceptors (Lipinski definition) is 5. The third-order valence-electron chi connectivity index (χ3n) is 3.66. The average molecular weight is 305 g/mol. The number of aromatic nitrogens is 3. The number of methoxy groups -OCH3 is 1. The van der Waals surface area contributed by atoms with Gasteiger partial charge < -0.3 is 9.47 Å². The lowest BCUT2D eigenvalue weighted by atomic mass is 10.2. The van der Waals surface area contributed by atoms with Crippen molar-refractivity contribution in [3.8, 4) is 17.1 Å². The van der Waals surface area contributed by atoms with Crippen LogP contribution in [0.5, 0.6) is 5.75 Å². The van der Waals surface area contributed by atoms with Crippen molar-refractivity contribution in [2.45, 2.75) is 30.6 Å². The van der Waals surface area contributed by atoms with Gasteiger partial charge in [0.1, 0.15) is 5.75 Å². The van der Waals surface area contributed by atoms with Crippen LogP contribution in [0.25, 0.3) is 11.4 Å². The SMILES string of the molecule is COc1ccc(-c2nnc(SC)n2CC2CCCO2)cc1. The van der Waals surface area contributed by atoms with Gasteiger partial charge >= 0.3 is 0 Å².